The molecule has 0 spiro atoms. The third-order valence-corrected chi connectivity index (χ3v) is 5.58. The number of halogens is 1. The van der Waals surface area contributed by atoms with Crippen LogP contribution in [0.15, 0.2) is 42.5 Å². The Morgan fingerprint density at radius 2 is 1.96 bits per heavy atom. The Morgan fingerprint density at radius 1 is 1.25 bits per heavy atom. The smallest absolute Gasteiger partial charge is 0.338 e. The third kappa shape index (κ3) is 4.14. The van der Waals surface area contributed by atoms with E-state index in [4.69, 9.17) is 4.74 Å². The third-order valence-electron chi connectivity index (χ3n) is 4.31. The highest BCUT2D eigenvalue weighted by molar-refractivity contribution is 7.92. The van der Waals surface area contributed by atoms with Gasteiger partial charge in [0.1, 0.15) is 5.82 Å². The van der Waals surface area contributed by atoms with Crippen LogP contribution in [-0.4, -0.2) is 39.2 Å². The van der Waals surface area contributed by atoms with Crippen molar-refractivity contribution < 1.29 is 27.1 Å². The molecule has 9 heteroatoms. The number of nitrogens with one attached hydrogen (secondary N) is 1. The molecule has 1 heterocycles. The van der Waals surface area contributed by atoms with Gasteiger partial charge in [-0.15, -0.1) is 0 Å². The molecule has 0 saturated carbocycles. The molecule has 0 aromatic heterocycles. The minimum absolute atomic E-state index is 0.00377. The van der Waals surface area contributed by atoms with Crippen LogP contribution in [0.5, 0.6) is 0 Å². The zero-order valence-corrected chi connectivity index (χ0v) is 16.1. The van der Waals surface area contributed by atoms with Gasteiger partial charge in [0.2, 0.25) is 10.0 Å². The van der Waals surface area contributed by atoms with Crippen LogP contribution in [0.25, 0.3) is 0 Å². The van der Waals surface area contributed by atoms with E-state index in [2.05, 4.69) is 5.32 Å². The average molecular weight is 406 g/mol. The number of fused-ring (bicyclic) bond motifs is 1. The molecule has 3 rings (SSSR count). The summed E-state index contributed by atoms with van der Waals surface area (Å²) in [6.45, 7) is 1.21. The molecule has 2 aromatic rings. The van der Waals surface area contributed by atoms with E-state index in [1.165, 1.54) is 28.6 Å². The topological polar surface area (TPSA) is 92.8 Å². The van der Waals surface area contributed by atoms with Crippen molar-refractivity contribution in [2.45, 2.75) is 19.4 Å². The molecule has 2 aromatic carbocycles. The highest BCUT2D eigenvalue weighted by atomic mass is 32.2. The maximum atomic E-state index is 13.5. The van der Waals surface area contributed by atoms with Crippen molar-refractivity contribution >= 4 is 33.3 Å². The van der Waals surface area contributed by atoms with Crippen molar-refractivity contribution in [1.82, 2.24) is 0 Å². The normalized spacial score (nSPS) is 15.8. The molecule has 1 atom stereocenters. The summed E-state index contributed by atoms with van der Waals surface area (Å²) in [7, 11) is -3.42. The molecule has 0 aliphatic carbocycles. The fraction of sp³-hybridized carbons (Fsp3) is 0.263. The fourth-order valence-corrected chi connectivity index (χ4v) is 4.46. The molecular weight excluding hydrogens is 387 g/mol. The summed E-state index contributed by atoms with van der Waals surface area (Å²) in [5.41, 5.74) is 1.45. The maximum absolute atomic E-state index is 13.5. The number of amides is 1. The van der Waals surface area contributed by atoms with Crippen LogP contribution in [0.1, 0.15) is 22.8 Å². The van der Waals surface area contributed by atoms with Crippen LogP contribution in [-0.2, 0) is 26.0 Å². The quantitative estimate of drug-likeness (QED) is 0.770. The van der Waals surface area contributed by atoms with E-state index in [0.29, 0.717) is 17.7 Å². The van der Waals surface area contributed by atoms with E-state index in [0.717, 1.165) is 6.26 Å². The first-order valence-corrected chi connectivity index (χ1v) is 10.4. The first-order chi connectivity index (χ1) is 13.2. The largest absolute Gasteiger partial charge is 0.452 e. The van der Waals surface area contributed by atoms with Crippen LogP contribution < -0.4 is 9.62 Å². The minimum Gasteiger partial charge on any atom is -0.452 e. The number of para-hydroxylation sites is 1. The van der Waals surface area contributed by atoms with E-state index in [1.54, 1.807) is 25.1 Å². The number of hydrogen-bond donors (Lipinski definition) is 1. The molecule has 0 bridgehead atoms. The summed E-state index contributed by atoms with van der Waals surface area (Å²) in [5.74, 6) is -1.99. The fourth-order valence-electron chi connectivity index (χ4n) is 3.20. The van der Waals surface area contributed by atoms with Gasteiger partial charge in [-0.05, 0) is 49.2 Å². The Morgan fingerprint density at radius 3 is 2.64 bits per heavy atom. The number of esters is 1. The van der Waals surface area contributed by atoms with Gasteiger partial charge >= 0.3 is 5.97 Å². The minimum atomic E-state index is -3.42. The number of rotatable bonds is 5. The number of sulfonamides is 1. The van der Waals surface area contributed by atoms with Crippen molar-refractivity contribution in [3.05, 3.63) is 59.4 Å². The van der Waals surface area contributed by atoms with E-state index in [9.17, 15) is 22.4 Å². The number of hydrogen-bond acceptors (Lipinski definition) is 5. The highest BCUT2D eigenvalue weighted by Gasteiger charge is 2.32. The highest BCUT2D eigenvalue weighted by Crippen LogP contribution is 2.34. The van der Waals surface area contributed by atoms with Crippen molar-refractivity contribution in [2.75, 3.05) is 22.5 Å². The first-order valence-electron chi connectivity index (χ1n) is 8.50. The molecule has 0 unspecified atom stereocenters. The zero-order chi connectivity index (χ0) is 20.5. The molecule has 0 saturated heterocycles. The van der Waals surface area contributed by atoms with E-state index in [-0.39, 0.29) is 17.3 Å². The van der Waals surface area contributed by atoms with E-state index >= 15 is 0 Å². The van der Waals surface area contributed by atoms with Gasteiger partial charge in [0.15, 0.2) is 6.61 Å². The van der Waals surface area contributed by atoms with Gasteiger partial charge in [0, 0.05) is 6.04 Å². The van der Waals surface area contributed by atoms with Crippen molar-refractivity contribution in [1.29, 1.82) is 0 Å². The van der Waals surface area contributed by atoms with Crippen LogP contribution in [0.2, 0.25) is 0 Å². The lowest BCUT2D eigenvalue weighted by Crippen LogP contribution is -2.34. The molecule has 1 N–H and O–H groups in total. The van der Waals surface area contributed by atoms with Crippen LogP contribution in [0.4, 0.5) is 15.8 Å². The van der Waals surface area contributed by atoms with Gasteiger partial charge in [0.25, 0.3) is 5.91 Å². The molecule has 1 amide bonds. The second-order valence-electron chi connectivity index (χ2n) is 6.56. The molecule has 148 valence electrons. The molecule has 28 heavy (non-hydrogen) atoms. The molecular formula is C19H19FN2O5S. The number of benzene rings is 2. The van der Waals surface area contributed by atoms with Crippen LogP contribution in [0, 0.1) is 5.82 Å². The molecule has 1 aliphatic rings. The summed E-state index contributed by atoms with van der Waals surface area (Å²) in [5, 5.41) is 2.32. The summed E-state index contributed by atoms with van der Waals surface area (Å²) < 4.78 is 43.7. The Labute approximate surface area is 162 Å². The predicted octanol–water partition coefficient (Wildman–Crippen LogP) is 2.33. The SMILES string of the molecule is C[C@H]1Cc2cc(C(=O)OCC(=O)Nc3ccccc3F)ccc2N1S(C)(=O)=O. The predicted molar refractivity (Wildman–Crippen MR) is 102 cm³/mol. The summed E-state index contributed by atoms with van der Waals surface area (Å²) in [6, 6.07) is 9.97. The lowest BCUT2D eigenvalue weighted by Gasteiger charge is -2.21. The Balaban J connectivity index is 1.65. The number of carbonyl (C=O) groups excluding carboxylic acids is 2. The molecule has 0 fully saturated rings. The lowest BCUT2D eigenvalue weighted by molar-refractivity contribution is -0.119. The molecule has 0 radical (unpaired) electrons. The molecule has 1 aliphatic heterocycles. The monoisotopic (exact) mass is 406 g/mol. The standard InChI is InChI=1S/C19H19FN2O5S/c1-12-9-14-10-13(7-8-17(14)22(12)28(2,25)26)19(24)27-11-18(23)21-16-6-4-3-5-15(16)20/h3-8,10,12H,9,11H2,1-2H3,(H,21,23)/t12-/m0/s1. The van der Waals surface area contributed by atoms with E-state index < -0.39 is 34.3 Å². The molecule has 7 nitrogen and oxygen atoms in total. The number of ether oxygens (including phenoxy) is 1. The van der Waals surface area contributed by atoms with Gasteiger partial charge in [-0.25, -0.2) is 17.6 Å². The second kappa shape index (κ2) is 7.59. The van der Waals surface area contributed by atoms with Gasteiger partial charge in [0.05, 0.1) is 23.2 Å². The van der Waals surface area contributed by atoms with E-state index in [1.807, 2.05) is 0 Å². The number of anilines is 2. The summed E-state index contributed by atoms with van der Waals surface area (Å²) in [4.78, 5) is 24.1. The van der Waals surface area contributed by atoms with Crippen LogP contribution >= 0.6 is 0 Å². The number of nitrogens with zero attached hydrogens (tertiary/aromatic N) is 1. The maximum Gasteiger partial charge on any atom is 0.338 e. The summed E-state index contributed by atoms with van der Waals surface area (Å²) >= 11 is 0. The Bertz CT molecular complexity index is 1040. The lowest BCUT2D eigenvalue weighted by atomic mass is 10.1. The average Bonchev–Trinajstić information content (AvgIpc) is 2.96. The van der Waals surface area contributed by atoms with Crippen molar-refractivity contribution in [3.8, 4) is 0 Å². The summed E-state index contributed by atoms with van der Waals surface area (Å²) in [6.07, 6.45) is 1.60. The van der Waals surface area contributed by atoms with Gasteiger partial charge in [-0.3, -0.25) is 9.10 Å². The van der Waals surface area contributed by atoms with Gasteiger partial charge < -0.3 is 10.1 Å². The Kier molecular flexibility index (Phi) is 5.37. The van der Waals surface area contributed by atoms with Crippen LogP contribution in [0.3, 0.4) is 0 Å². The van der Waals surface area contributed by atoms with Gasteiger partial charge in [-0.1, -0.05) is 12.1 Å². The second-order valence-corrected chi connectivity index (χ2v) is 8.42. The van der Waals surface area contributed by atoms with Crippen molar-refractivity contribution in [2.24, 2.45) is 0 Å². The van der Waals surface area contributed by atoms with Gasteiger partial charge in [-0.2, -0.15) is 0 Å². The van der Waals surface area contributed by atoms with Crippen molar-refractivity contribution in [3.63, 3.8) is 0 Å². The zero-order valence-electron chi connectivity index (χ0n) is 15.3. The Hall–Kier alpha value is -2.94. The number of carbonyl (C=O) groups is 2. The first kappa shape index (κ1) is 19.8.